The first kappa shape index (κ1) is 21.6. The molecular weight excluding hydrogens is 456 g/mol. The van der Waals surface area contributed by atoms with Crippen LogP contribution in [0.1, 0.15) is 6.42 Å². The quantitative estimate of drug-likeness (QED) is 0.617. The van der Waals surface area contributed by atoms with Gasteiger partial charge in [-0.25, -0.2) is 0 Å². The third-order valence-corrected chi connectivity index (χ3v) is 5.14. The predicted molar refractivity (Wildman–Crippen MR) is 114 cm³/mol. The summed E-state index contributed by atoms with van der Waals surface area (Å²) in [4.78, 5) is 38.4. The van der Waals surface area contributed by atoms with Crippen molar-refractivity contribution in [1.29, 1.82) is 0 Å². The van der Waals surface area contributed by atoms with E-state index < -0.39 is 24.4 Å². The van der Waals surface area contributed by atoms with E-state index in [0.717, 1.165) is 4.47 Å². The molecule has 1 aliphatic rings. The fourth-order valence-electron chi connectivity index (χ4n) is 3.09. The number of anilines is 2. The molecule has 1 heterocycles. The summed E-state index contributed by atoms with van der Waals surface area (Å²) in [7, 11) is 3.03. The van der Waals surface area contributed by atoms with Crippen LogP contribution in [0.3, 0.4) is 0 Å². The number of hydrogen-bond acceptors (Lipinski definition) is 6. The number of nitrogens with one attached hydrogen (secondary N) is 1. The minimum atomic E-state index is -0.672. The van der Waals surface area contributed by atoms with Gasteiger partial charge < -0.3 is 24.4 Å². The summed E-state index contributed by atoms with van der Waals surface area (Å²) in [6.07, 6.45) is -0.00642. The Kier molecular flexibility index (Phi) is 6.94. The fraction of sp³-hybridized carbons (Fsp3) is 0.286. The van der Waals surface area contributed by atoms with Crippen molar-refractivity contribution in [3.8, 4) is 11.5 Å². The van der Waals surface area contributed by atoms with Crippen LogP contribution in [0.15, 0.2) is 46.9 Å². The van der Waals surface area contributed by atoms with Crippen molar-refractivity contribution in [2.75, 3.05) is 37.6 Å². The number of benzene rings is 2. The highest BCUT2D eigenvalue weighted by molar-refractivity contribution is 9.10. The van der Waals surface area contributed by atoms with Crippen molar-refractivity contribution in [3.05, 3.63) is 46.9 Å². The van der Waals surface area contributed by atoms with Crippen molar-refractivity contribution >= 4 is 45.1 Å². The summed E-state index contributed by atoms with van der Waals surface area (Å²) in [6, 6.07) is 12.1. The van der Waals surface area contributed by atoms with Gasteiger partial charge in [-0.1, -0.05) is 15.9 Å². The number of nitrogens with zero attached hydrogens (tertiary/aromatic N) is 1. The lowest BCUT2D eigenvalue weighted by Gasteiger charge is -2.20. The number of halogens is 1. The van der Waals surface area contributed by atoms with E-state index in [2.05, 4.69) is 21.2 Å². The minimum Gasteiger partial charge on any atom is -0.497 e. The van der Waals surface area contributed by atoms with Gasteiger partial charge in [-0.15, -0.1) is 0 Å². The molecule has 1 atom stereocenters. The van der Waals surface area contributed by atoms with Crippen LogP contribution in [0.25, 0.3) is 0 Å². The predicted octanol–water partition coefficient (Wildman–Crippen LogP) is 3.00. The first-order valence-corrected chi connectivity index (χ1v) is 9.95. The van der Waals surface area contributed by atoms with Gasteiger partial charge in [-0.3, -0.25) is 14.4 Å². The summed E-state index contributed by atoms with van der Waals surface area (Å²) < 4.78 is 16.5. The molecular formula is C21H21BrN2O6. The Labute approximate surface area is 182 Å². The van der Waals surface area contributed by atoms with Gasteiger partial charge >= 0.3 is 5.97 Å². The van der Waals surface area contributed by atoms with E-state index in [1.54, 1.807) is 42.5 Å². The summed E-state index contributed by atoms with van der Waals surface area (Å²) in [5.41, 5.74) is 1.11. The fourth-order valence-corrected chi connectivity index (χ4v) is 3.36. The zero-order valence-corrected chi connectivity index (χ0v) is 18.1. The van der Waals surface area contributed by atoms with E-state index in [1.165, 1.54) is 19.1 Å². The second-order valence-electron chi connectivity index (χ2n) is 6.61. The second kappa shape index (κ2) is 9.62. The topological polar surface area (TPSA) is 94.2 Å². The van der Waals surface area contributed by atoms with Crippen LogP contribution in [-0.2, 0) is 19.1 Å². The number of ether oxygens (including phenoxy) is 3. The first-order valence-electron chi connectivity index (χ1n) is 9.15. The monoisotopic (exact) mass is 476 g/mol. The van der Waals surface area contributed by atoms with E-state index in [9.17, 15) is 14.4 Å². The van der Waals surface area contributed by atoms with Crippen LogP contribution in [-0.4, -0.2) is 45.2 Å². The Bertz CT molecular complexity index is 947. The summed E-state index contributed by atoms with van der Waals surface area (Å²) >= 11 is 3.31. The Morgan fingerprint density at radius 1 is 1.13 bits per heavy atom. The third-order valence-electron chi connectivity index (χ3n) is 4.61. The standard InChI is InChI=1S/C21H21BrN2O6/c1-28-16-7-8-18(29-2)17(10-16)24-11-13(9-20(24)26)21(27)30-12-19(25)23-15-5-3-14(22)4-6-15/h3-8,10,13H,9,11-12H2,1-2H3,(H,23,25)/t13-/m0/s1. The molecule has 158 valence electrons. The Balaban J connectivity index is 1.58. The molecule has 0 bridgehead atoms. The number of hydrogen-bond donors (Lipinski definition) is 1. The number of amides is 2. The Morgan fingerprint density at radius 3 is 2.53 bits per heavy atom. The molecule has 0 saturated carbocycles. The lowest BCUT2D eigenvalue weighted by molar-refractivity contribution is -0.151. The van der Waals surface area contributed by atoms with E-state index in [4.69, 9.17) is 14.2 Å². The summed E-state index contributed by atoms with van der Waals surface area (Å²) in [6.45, 7) is -0.294. The van der Waals surface area contributed by atoms with E-state index in [0.29, 0.717) is 22.9 Å². The van der Waals surface area contributed by atoms with Gasteiger partial charge in [-0.2, -0.15) is 0 Å². The molecule has 0 unspecified atom stereocenters. The third kappa shape index (κ3) is 5.10. The molecule has 1 fully saturated rings. The highest BCUT2D eigenvalue weighted by Gasteiger charge is 2.37. The van der Waals surface area contributed by atoms with E-state index >= 15 is 0 Å². The Hall–Kier alpha value is -3.07. The maximum atomic E-state index is 12.5. The van der Waals surface area contributed by atoms with Crippen molar-refractivity contribution < 1.29 is 28.6 Å². The van der Waals surface area contributed by atoms with Gasteiger partial charge in [0, 0.05) is 29.2 Å². The van der Waals surface area contributed by atoms with Crippen LogP contribution < -0.4 is 19.7 Å². The van der Waals surface area contributed by atoms with Crippen molar-refractivity contribution in [3.63, 3.8) is 0 Å². The Morgan fingerprint density at radius 2 is 1.87 bits per heavy atom. The lowest BCUT2D eigenvalue weighted by Crippen LogP contribution is -2.28. The molecule has 0 aliphatic carbocycles. The van der Waals surface area contributed by atoms with Crippen LogP contribution in [0.4, 0.5) is 11.4 Å². The normalized spacial score (nSPS) is 15.6. The molecule has 2 aromatic carbocycles. The summed E-state index contributed by atoms with van der Waals surface area (Å²) in [5.74, 6) is -0.905. The van der Waals surface area contributed by atoms with Gasteiger partial charge in [0.25, 0.3) is 5.91 Å². The SMILES string of the molecule is COc1ccc(OC)c(N2C[C@@H](C(=O)OCC(=O)Nc3ccc(Br)cc3)CC2=O)c1. The molecule has 0 spiro atoms. The molecule has 1 saturated heterocycles. The highest BCUT2D eigenvalue weighted by Crippen LogP contribution is 2.36. The second-order valence-corrected chi connectivity index (χ2v) is 7.52. The zero-order chi connectivity index (χ0) is 21.7. The minimum absolute atomic E-state index is 0.00642. The van der Waals surface area contributed by atoms with Crippen molar-refractivity contribution in [2.45, 2.75) is 6.42 Å². The number of esters is 1. The van der Waals surface area contributed by atoms with Crippen molar-refractivity contribution in [2.24, 2.45) is 5.92 Å². The molecule has 30 heavy (non-hydrogen) atoms. The van der Waals surface area contributed by atoms with Crippen molar-refractivity contribution in [1.82, 2.24) is 0 Å². The molecule has 0 aromatic heterocycles. The number of carbonyl (C=O) groups excluding carboxylic acids is 3. The molecule has 9 heteroatoms. The van der Waals surface area contributed by atoms with Gasteiger partial charge in [0.2, 0.25) is 5.91 Å². The maximum absolute atomic E-state index is 12.5. The van der Waals surface area contributed by atoms with Crippen LogP contribution in [0.5, 0.6) is 11.5 Å². The van der Waals surface area contributed by atoms with E-state index in [1.807, 2.05) is 0 Å². The number of carbonyl (C=O) groups is 3. The molecule has 2 aromatic rings. The average molecular weight is 477 g/mol. The van der Waals surface area contributed by atoms with Gasteiger partial charge in [-0.05, 0) is 36.4 Å². The van der Waals surface area contributed by atoms with Gasteiger partial charge in [0.05, 0.1) is 25.8 Å². The lowest BCUT2D eigenvalue weighted by atomic mass is 10.1. The van der Waals surface area contributed by atoms with Gasteiger partial charge in [0.1, 0.15) is 11.5 Å². The first-order chi connectivity index (χ1) is 14.4. The molecule has 1 N–H and O–H groups in total. The number of methoxy groups -OCH3 is 2. The van der Waals surface area contributed by atoms with Crippen LogP contribution in [0.2, 0.25) is 0 Å². The molecule has 3 rings (SSSR count). The molecule has 1 aliphatic heterocycles. The number of rotatable bonds is 7. The summed E-state index contributed by atoms with van der Waals surface area (Å²) in [5, 5.41) is 2.64. The molecule has 8 nitrogen and oxygen atoms in total. The molecule has 0 radical (unpaired) electrons. The van der Waals surface area contributed by atoms with E-state index in [-0.39, 0.29) is 18.9 Å². The zero-order valence-electron chi connectivity index (χ0n) is 16.5. The highest BCUT2D eigenvalue weighted by atomic mass is 79.9. The van der Waals surface area contributed by atoms with Gasteiger partial charge in [0.15, 0.2) is 6.61 Å². The van der Waals surface area contributed by atoms with Crippen LogP contribution in [0, 0.1) is 5.92 Å². The maximum Gasteiger partial charge on any atom is 0.311 e. The molecule has 2 amide bonds. The largest absolute Gasteiger partial charge is 0.497 e. The smallest absolute Gasteiger partial charge is 0.311 e. The average Bonchev–Trinajstić information content (AvgIpc) is 3.14. The van der Waals surface area contributed by atoms with Crippen LogP contribution >= 0.6 is 15.9 Å².